The number of methoxy groups -OCH3 is 1. The third kappa shape index (κ3) is 4.80. The molecule has 128 valence electrons. The highest BCUT2D eigenvalue weighted by Crippen LogP contribution is 2.25. The fourth-order valence-electron chi connectivity index (χ4n) is 2.66. The van der Waals surface area contributed by atoms with Crippen molar-refractivity contribution in [3.8, 4) is 0 Å². The van der Waals surface area contributed by atoms with Crippen LogP contribution in [-0.2, 0) is 4.74 Å². The van der Waals surface area contributed by atoms with Gasteiger partial charge in [0.2, 0.25) is 0 Å². The van der Waals surface area contributed by atoms with Crippen molar-refractivity contribution in [1.82, 2.24) is 10.3 Å². The van der Waals surface area contributed by atoms with E-state index in [0.717, 1.165) is 17.8 Å². The minimum absolute atomic E-state index is 0.174. The lowest BCUT2D eigenvalue weighted by atomic mass is 10.0. The Hall–Kier alpha value is -2.40. The molecule has 0 aliphatic rings. The molecule has 1 aromatic carbocycles. The lowest BCUT2D eigenvalue weighted by Crippen LogP contribution is -2.26. The topological polar surface area (TPSA) is 63.2 Å². The first-order valence-electron chi connectivity index (χ1n) is 8.09. The number of aryl methyl sites for hydroxylation is 3. The van der Waals surface area contributed by atoms with Gasteiger partial charge in [0.1, 0.15) is 5.69 Å². The lowest BCUT2D eigenvalue weighted by molar-refractivity contribution is 0.0943. The van der Waals surface area contributed by atoms with Gasteiger partial charge in [-0.1, -0.05) is 17.7 Å². The summed E-state index contributed by atoms with van der Waals surface area (Å²) in [4.78, 5) is 16.3. The van der Waals surface area contributed by atoms with Crippen molar-refractivity contribution in [3.05, 3.63) is 52.8 Å². The Morgan fingerprint density at radius 1 is 1.17 bits per heavy atom. The maximum Gasteiger partial charge on any atom is 0.269 e. The first-order chi connectivity index (χ1) is 11.5. The minimum atomic E-state index is -0.174. The molecule has 1 heterocycles. The number of rotatable bonds is 7. The largest absolute Gasteiger partial charge is 0.385 e. The predicted molar refractivity (Wildman–Crippen MR) is 97.0 cm³/mol. The van der Waals surface area contributed by atoms with Crippen LogP contribution in [0.4, 0.5) is 11.4 Å². The molecule has 0 bridgehead atoms. The van der Waals surface area contributed by atoms with E-state index >= 15 is 0 Å². The van der Waals surface area contributed by atoms with E-state index in [1.165, 1.54) is 16.7 Å². The van der Waals surface area contributed by atoms with Crippen LogP contribution in [0.15, 0.2) is 30.5 Å². The van der Waals surface area contributed by atoms with Crippen LogP contribution in [0.2, 0.25) is 0 Å². The third-order valence-corrected chi connectivity index (χ3v) is 3.75. The molecule has 0 fully saturated rings. The molecule has 0 atom stereocenters. The monoisotopic (exact) mass is 327 g/mol. The van der Waals surface area contributed by atoms with Crippen LogP contribution >= 0.6 is 0 Å². The van der Waals surface area contributed by atoms with Gasteiger partial charge in [-0.2, -0.15) is 0 Å². The van der Waals surface area contributed by atoms with E-state index in [1.807, 2.05) is 6.07 Å². The number of carbonyl (C=O) groups excluding carboxylic acids is 1. The van der Waals surface area contributed by atoms with E-state index in [-0.39, 0.29) is 5.91 Å². The van der Waals surface area contributed by atoms with Gasteiger partial charge < -0.3 is 15.4 Å². The second-order valence-electron chi connectivity index (χ2n) is 5.93. The van der Waals surface area contributed by atoms with Crippen molar-refractivity contribution in [1.29, 1.82) is 0 Å². The molecule has 0 saturated heterocycles. The van der Waals surface area contributed by atoms with Gasteiger partial charge in [0.15, 0.2) is 0 Å². The molecule has 5 nitrogen and oxygen atoms in total. The summed E-state index contributed by atoms with van der Waals surface area (Å²) in [5.74, 6) is -0.174. The summed E-state index contributed by atoms with van der Waals surface area (Å²) in [6, 6.07) is 7.91. The SMILES string of the molecule is COCCCNC(=O)c1cc(Nc2c(C)cc(C)cc2C)ccn1. The average Bonchev–Trinajstić information content (AvgIpc) is 2.55. The standard InChI is InChI=1S/C19H25N3O2/c1-13-10-14(2)18(15(3)11-13)22-16-6-8-20-17(12-16)19(23)21-7-5-9-24-4/h6,8,10-12H,5,7,9H2,1-4H3,(H,20,22)(H,21,23). The summed E-state index contributed by atoms with van der Waals surface area (Å²) in [5.41, 5.74) is 5.91. The van der Waals surface area contributed by atoms with Crippen molar-refractivity contribution >= 4 is 17.3 Å². The zero-order chi connectivity index (χ0) is 17.5. The average molecular weight is 327 g/mol. The fraction of sp³-hybridized carbons (Fsp3) is 0.368. The Labute approximate surface area is 143 Å². The Bertz CT molecular complexity index is 691. The Kier molecular flexibility index (Phi) is 6.32. The van der Waals surface area contributed by atoms with Crippen molar-refractivity contribution in [2.45, 2.75) is 27.2 Å². The summed E-state index contributed by atoms with van der Waals surface area (Å²) in [7, 11) is 1.65. The zero-order valence-corrected chi connectivity index (χ0v) is 14.8. The van der Waals surface area contributed by atoms with Crippen LogP contribution in [-0.4, -0.2) is 31.2 Å². The van der Waals surface area contributed by atoms with Crippen molar-refractivity contribution < 1.29 is 9.53 Å². The van der Waals surface area contributed by atoms with Crippen molar-refractivity contribution in [3.63, 3.8) is 0 Å². The number of anilines is 2. The van der Waals surface area contributed by atoms with E-state index in [0.29, 0.717) is 18.8 Å². The van der Waals surface area contributed by atoms with Crippen LogP contribution in [0, 0.1) is 20.8 Å². The summed E-state index contributed by atoms with van der Waals surface area (Å²) in [5, 5.41) is 6.25. The smallest absolute Gasteiger partial charge is 0.269 e. The minimum Gasteiger partial charge on any atom is -0.385 e. The molecule has 2 rings (SSSR count). The summed E-state index contributed by atoms with van der Waals surface area (Å²) in [6.07, 6.45) is 2.42. The van der Waals surface area contributed by atoms with E-state index in [2.05, 4.69) is 48.5 Å². The molecule has 0 spiro atoms. The maximum absolute atomic E-state index is 12.1. The van der Waals surface area contributed by atoms with Gasteiger partial charge in [0.05, 0.1) is 0 Å². The van der Waals surface area contributed by atoms with E-state index < -0.39 is 0 Å². The van der Waals surface area contributed by atoms with Crippen LogP contribution in [0.5, 0.6) is 0 Å². The van der Waals surface area contributed by atoms with Gasteiger partial charge in [-0.05, 0) is 50.5 Å². The molecule has 0 aliphatic heterocycles. The molecule has 0 saturated carbocycles. The van der Waals surface area contributed by atoms with E-state index in [1.54, 1.807) is 19.4 Å². The molecule has 1 aromatic heterocycles. The number of hydrogen-bond acceptors (Lipinski definition) is 4. The molecule has 0 unspecified atom stereocenters. The second-order valence-corrected chi connectivity index (χ2v) is 5.93. The molecule has 1 amide bonds. The second kappa shape index (κ2) is 8.45. The molecule has 2 N–H and O–H groups in total. The van der Waals surface area contributed by atoms with Gasteiger partial charge in [-0.15, -0.1) is 0 Å². The number of benzene rings is 1. The number of ether oxygens (including phenoxy) is 1. The highest BCUT2D eigenvalue weighted by atomic mass is 16.5. The number of nitrogens with zero attached hydrogens (tertiary/aromatic N) is 1. The summed E-state index contributed by atoms with van der Waals surface area (Å²) >= 11 is 0. The molecular weight excluding hydrogens is 302 g/mol. The number of nitrogens with one attached hydrogen (secondary N) is 2. The highest BCUT2D eigenvalue weighted by Gasteiger charge is 2.09. The Morgan fingerprint density at radius 3 is 2.54 bits per heavy atom. The lowest BCUT2D eigenvalue weighted by Gasteiger charge is -2.14. The first-order valence-corrected chi connectivity index (χ1v) is 8.09. The van der Waals surface area contributed by atoms with Gasteiger partial charge in [-0.3, -0.25) is 9.78 Å². The molecular formula is C19H25N3O2. The summed E-state index contributed by atoms with van der Waals surface area (Å²) in [6.45, 7) is 7.44. The van der Waals surface area contributed by atoms with Crippen LogP contribution in [0.25, 0.3) is 0 Å². The van der Waals surface area contributed by atoms with Gasteiger partial charge in [0, 0.05) is 37.8 Å². The molecule has 24 heavy (non-hydrogen) atoms. The van der Waals surface area contributed by atoms with Gasteiger partial charge >= 0.3 is 0 Å². The van der Waals surface area contributed by atoms with Crippen LogP contribution in [0.3, 0.4) is 0 Å². The summed E-state index contributed by atoms with van der Waals surface area (Å²) < 4.78 is 4.97. The number of hydrogen-bond donors (Lipinski definition) is 2. The maximum atomic E-state index is 12.1. The number of amides is 1. The molecule has 0 aliphatic carbocycles. The van der Waals surface area contributed by atoms with E-state index in [9.17, 15) is 4.79 Å². The molecule has 2 aromatic rings. The quantitative estimate of drug-likeness (QED) is 0.764. The van der Waals surface area contributed by atoms with Crippen molar-refractivity contribution in [2.24, 2.45) is 0 Å². The van der Waals surface area contributed by atoms with E-state index in [4.69, 9.17) is 4.74 Å². The fourth-order valence-corrected chi connectivity index (χ4v) is 2.66. The Morgan fingerprint density at radius 2 is 1.88 bits per heavy atom. The van der Waals surface area contributed by atoms with Crippen molar-refractivity contribution in [2.75, 3.05) is 25.6 Å². The first kappa shape index (κ1) is 17.9. The normalized spacial score (nSPS) is 10.5. The predicted octanol–water partition coefficient (Wildman–Crippen LogP) is 3.52. The van der Waals surface area contributed by atoms with Gasteiger partial charge in [-0.25, -0.2) is 0 Å². The van der Waals surface area contributed by atoms with Crippen LogP contribution < -0.4 is 10.6 Å². The molecule has 0 radical (unpaired) electrons. The number of carbonyl (C=O) groups is 1. The Balaban J connectivity index is 2.09. The third-order valence-electron chi connectivity index (χ3n) is 3.75. The zero-order valence-electron chi connectivity index (χ0n) is 14.8. The number of aromatic nitrogens is 1. The highest BCUT2D eigenvalue weighted by molar-refractivity contribution is 5.93. The van der Waals surface area contributed by atoms with Gasteiger partial charge in [0.25, 0.3) is 5.91 Å². The van der Waals surface area contributed by atoms with Crippen LogP contribution in [0.1, 0.15) is 33.6 Å². The molecule has 5 heteroatoms. The number of pyridine rings is 1.